The average Bonchev–Trinajstić information content (AvgIpc) is 2.86. The van der Waals surface area contributed by atoms with E-state index < -0.39 is 14.9 Å². The Morgan fingerprint density at radius 1 is 1.48 bits per heavy atom. The number of aromatic nitrogens is 1. The van der Waals surface area contributed by atoms with E-state index in [0.717, 1.165) is 17.4 Å². The summed E-state index contributed by atoms with van der Waals surface area (Å²) in [7, 11) is -2.47. The van der Waals surface area contributed by atoms with E-state index in [0.29, 0.717) is 4.47 Å². The Labute approximate surface area is 132 Å². The maximum Gasteiger partial charge on any atom is 0.304 e. The minimum Gasteiger partial charge on any atom is -0.374 e. The molecule has 0 bridgehead atoms. The molecule has 0 spiro atoms. The van der Waals surface area contributed by atoms with Crippen molar-refractivity contribution >= 4 is 53.8 Å². The summed E-state index contributed by atoms with van der Waals surface area (Å²) < 4.78 is 27.1. The SMILES string of the molecule is CNc1sc(S(=O)(=O)Nc2ncccc2Br)cc1[N+](=O)[O-]. The van der Waals surface area contributed by atoms with Crippen molar-refractivity contribution in [3.8, 4) is 0 Å². The molecule has 0 unspecified atom stereocenters. The molecule has 0 radical (unpaired) electrons. The second kappa shape index (κ2) is 5.95. The summed E-state index contributed by atoms with van der Waals surface area (Å²) in [6.45, 7) is 0. The number of hydrogen-bond acceptors (Lipinski definition) is 7. The topological polar surface area (TPSA) is 114 Å². The van der Waals surface area contributed by atoms with E-state index in [2.05, 4.69) is 31.0 Å². The molecule has 21 heavy (non-hydrogen) atoms. The predicted octanol–water partition coefficient (Wildman–Crippen LogP) is 2.66. The monoisotopic (exact) mass is 392 g/mol. The van der Waals surface area contributed by atoms with Gasteiger partial charge in [-0.05, 0) is 28.1 Å². The van der Waals surface area contributed by atoms with Crippen molar-refractivity contribution in [2.24, 2.45) is 0 Å². The quantitative estimate of drug-likeness (QED) is 0.596. The lowest BCUT2D eigenvalue weighted by atomic mass is 10.5. The van der Waals surface area contributed by atoms with Gasteiger partial charge in [0.15, 0.2) is 10.8 Å². The molecule has 2 aromatic rings. The zero-order valence-corrected chi connectivity index (χ0v) is 13.8. The maximum absolute atomic E-state index is 12.2. The Balaban J connectivity index is 2.41. The number of nitrogens with zero attached hydrogens (tertiary/aromatic N) is 2. The van der Waals surface area contributed by atoms with Crippen LogP contribution in [-0.2, 0) is 10.0 Å². The van der Waals surface area contributed by atoms with Gasteiger partial charge in [0.1, 0.15) is 4.21 Å². The smallest absolute Gasteiger partial charge is 0.304 e. The van der Waals surface area contributed by atoms with Gasteiger partial charge in [-0.3, -0.25) is 14.8 Å². The Morgan fingerprint density at radius 2 is 2.19 bits per heavy atom. The second-order valence-corrected chi connectivity index (χ2v) is 7.54. The first-order valence-corrected chi connectivity index (χ1v) is 8.53. The van der Waals surface area contributed by atoms with Crippen molar-refractivity contribution in [3.05, 3.63) is 39.0 Å². The Bertz CT molecular complexity index is 790. The van der Waals surface area contributed by atoms with Gasteiger partial charge in [-0.1, -0.05) is 11.3 Å². The summed E-state index contributed by atoms with van der Waals surface area (Å²) in [4.78, 5) is 14.1. The average molecular weight is 393 g/mol. The molecule has 2 aromatic heterocycles. The van der Waals surface area contributed by atoms with Crippen LogP contribution < -0.4 is 10.0 Å². The molecular formula is C10H9BrN4O4S2. The summed E-state index contributed by atoms with van der Waals surface area (Å²) in [6, 6.07) is 4.27. The van der Waals surface area contributed by atoms with Gasteiger partial charge >= 0.3 is 5.69 Å². The van der Waals surface area contributed by atoms with Crippen molar-refractivity contribution in [2.45, 2.75) is 4.21 Å². The fraction of sp³-hybridized carbons (Fsp3) is 0.100. The third-order valence-corrected chi connectivity index (χ3v) is 5.96. The van der Waals surface area contributed by atoms with E-state index in [-0.39, 0.29) is 20.7 Å². The molecule has 11 heteroatoms. The Kier molecular flexibility index (Phi) is 4.44. The molecular weight excluding hydrogens is 384 g/mol. The Morgan fingerprint density at radius 3 is 2.71 bits per heavy atom. The van der Waals surface area contributed by atoms with E-state index >= 15 is 0 Å². The second-order valence-electron chi connectivity index (χ2n) is 3.73. The first-order valence-electron chi connectivity index (χ1n) is 5.44. The summed E-state index contributed by atoms with van der Waals surface area (Å²) in [5.41, 5.74) is -0.289. The summed E-state index contributed by atoms with van der Waals surface area (Å²) >= 11 is 3.94. The number of halogens is 1. The predicted molar refractivity (Wildman–Crippen MR) is 83.3 cm³/mol. The molecule has 2 rings (SSSR count). The van der Waals surface area contributed by atoms with Gasteiger partial charge < -0.3 is 5.32 Å². The van der Waals surface area contributed by atoms with Crippen molar-refractivity contribution < 1.29 is 13.3 Å². The van der Waals surface area contributed by atoms with Crippen LogP contribution in [0, 0.1) is 10.1 Å². The highest BCUT2D eigenvalue weighted by molar-refractivity contribution is 9.10. The van der Waals surface area contributed by atoms with Gasteiger partial charge in [0, 0.05) is 19.3 Å². The van der Waals surface area contributed by atoms with Crippen LogP contribution in [0.25, 0.3) is 0 Å². The number of thiophene rings is 1. The molecule has 8 nitrogen and oxygen atoms in total. The van der Waals surface area contributed by atoms with Crippen LogP contribution in [0.1, 0.15) is 0 Å². The van der Waals surface area contributed by atoms with E-state index in [1.807, 2.05) is 0 Å². The fourth-order valence-corrected chi connectivity index (χ4v) is 4.24. The molecule has 0 saturated carbocycles. The number of hydrogen-bond donors (Lipinski definition) is 2. The first-order chi connectivity index (χ1) is 9.85. The van der Waals surface area contributed by atoms with Crippen LogP contribution in [0.4, 0.5) is 16.5 Å². The van der Waals surface area contributed by atoms with Gasteiger partial charge in [0.05, 0.1) is 9.40 Å². The zero-order chi connectivity index (χ0) is 15.6. The lowest BCUT2D eigenvalue weighted by Gasteiger charge is -2.06. The summed E-state index contributed by atoms with van der Waals surface area (Å²) in [6.07, 6.45) is 1.43. The van der Waals surface area contributed by atoms with Gasteiger partial charge in [-0.25, -0.2) is 13.4 Å². The molecule has 0 saturated heterocycles. The molecule has 0 aromatic carbocycles. The number of sulfonamides is 1. The van der Waals surface area contributed by atoms with Crippen LogP contribution in [0.2, 0.25) is 0 Å². The van der Waals surface area contributed by atoms with Crippen LogP contribution >= 0.6 is 27.3 Å². The van der Waals surface area contributed by atoms with Crippen LogP contribution in [0.5, 0.6) is 0 Å². The number of rotatable bonds is 5. The highest BCUT2D eigenvalue weighted by atomic mass is 79.9. The zero-order valence-electron chi connectivity index (χ0n) is 10.5. The van der Waals surface area contributed by atoms with Gasteiger partial charge in [0.25, 0.3) is 10.0 Å². The minimum atomic E-state index is -3.95. The summed E-state index contributed by atoms with van der Waals surface area (Å²) in [5, 5.41) is 13.6. The third kappa shape index (κ3) is 3.31. The highest BCUT2D eigenvalue weighted by Crippen LogP contribution is 2.37. The van der Waals surface area contributed by atoms with Gasteiger partial charge in [-0.2, -0.15) is 0 Å². The molecule has 0 amide bonds. The lowest BCUT2D eigenvalue weighted by molar-refractivity contribution is -0.383. The van der Waals surface area contributed by atoms with E-state index in [1.165, 1.54) is 13.2 Å². The molecule has 2 N–H and O–H groups in total. The van der Waals surface area contributed by atoms with Crippen molar-refractivity contribution in [3.63, 3.8) is 0 Å². The Hall–Kier alpha value is -1.72. The largest absolute Gasteiger partial charge is 0.374 e. The number of nitrogens with one attached hydrogen (secondary N) is 2. The van der Waals surface area contributed by atoms with Gasteiger partial charge in [0.2, 0.25) is 0 Å². The molecule has 0 atom stereocenters. The molecule has 0 fully saturated rings. The lowest BCUT2D eigenvalue weighted by Crippen LogP contribution is -2.12. The molecule has 0 aliphatic heterocycles. The number of pyridine rings is 1. The van der Waals surface area contributed by atoms with E-state index in [1.54, 1.807) is 12.1 Å². The number of anilines is 2. The standard InChI is InChI=1S/C10H9BrN4O4S2/c1-12-10-7(15(16)17)5-8(20-10)21(18,19)14-9-6(11)3-2-4-13-9/h2-5,12H,1H3,(H,13,14). The first kappa shape index (κ1) is 15.7. The molecule has 2 heterocycles. The van der Waals surface area contributed by atoms with Crippen LogP contribution in [0.15, 0.2) is 33.1 Å². The van der Waals surface area contributed by atoms with Crippen LogP contribution in [0.3, 0.4) is 0 Å². The highest BCUT2D eigenvalue weighted by Gasteiger charge is 2.26. The maximum atomic E-state index is 12.2. The molecule has 0 aliphatic rings. The molecule has 112 valence electrons. The van der Waals surface area contributed by atoms with E-state index in [4.69, 9.17) is 0 Å². The van der Waals surface area contributed by atoms with Crippen LogP contribution in [-0.4, -0.2) is 25.4 Å². The minimum absolute atomic E-state index is 0.111. The van der Waals surface area contributed by atoms with E-state index in [9.17, 15) is 18.5 Å². The van der Waals surface area contributed by atoms with Crippen molar-refractivity contribution in [2.75, 3.05) is 17.1 Å². The molecule has 0 aliphatic carbocycles. The van der Waals surface area contributed by atoms with Crippen molar-refractivity contribution in [1.29, 1.82) is 0 Å². The number of nitro groups is 1. The normalized spacial score (nSPS) is 11.1. The van der Waals surface area contributed by atoms with Gasteiger partial charge in [-0.15, -0.1) is 0 Å². The summed E-state index contributed by atoms with van der Waals surface area (Å²) in [5.74, 6) is 0.111. The fourth-order valence-electron chi connectivity index (χ4n) is 1.45. The third-order valence-electron chi connectivity index (χ3n) is 2.37. The van der Waals surface area contributed by atoms with Crippen molar-refractivity contribution in [1.82, 2.24) is 4.98 Å².